The molecule has 0 saturated carbocycles. The lowest BCUT2D eigenvalue weighted by Gasteiger charge is -2.36. The zero-order valence-electron chi connectivity index (χ0n) is 17.1. The molecule has 158 valence electrons. The highest BCUT2D eigenvalue weighted by atomic mass is 35.5. The Morgan fingerprint density at radius 2 is 1.90 bits per heavy atom. The number of piperazine rings is 1. The fraction of sp³-hybridized carbons (Fsp3) is 0.500. The van der Waals surface area contributed by atoms with Gasteiger partial charge in [0, 0.05) is 37.9 Å². The number of halogens is 2. The Kier molecular flexibility index (Phi) is 6.31. The zero-order chi connectivity index (χ0) is 21.3. The molecular formula is C20H26Cl2N4O3. The number of hydrogen-bond acceptors (Lipinski definition) is 5. The van der Waals surface area contributed by atoms with Crippen LogP contribution in [-0.4, -0.2) is 59.0 Å². The molecule has 2 aromatic rings. The largest absolute Gasteiger partial charge is 0.495 e. The maximum absolute atomic E-state index is 12.8. The van der Waals surface area contributed by atoms with Gasteiger partial charge in [0.2, 0.25) is 5.91 Å². The Labute approximate surface area is 180 Å². The fourth-order valence-electron chi connectivity index (χ4n) is 3.36. The van der Waals surface area contributed by atoms with Crippen molar-refractivity contribution in [3.63, 3.8) is 0 Å². The number of nitrogens with zero attached hydrogens (tertiary/aromatic N) is 4. The van der Waals surface area contributed by atoms with Gasteiger partial charge in [0.15, 0.2) is 0 Å². The van der Waals surface area contributed by atoms with E-state index in [9.17, 15) is 9.90 Å². The average molecular weight is 441 g/mol. The topological polar surface area (TPSA) is 70.8 Å². The van der Waals surface area contributed by atoms with E-state index < -0.39 is 5.60 Å². The molecule has 0 unspecified atom stereocenters. The molecule has 29 heavy (non-hydrogen) atoms. The average Bonchev–Trinajstić information content (AvgIpc) is 2.97. The van der Waals surface area contributed by atoms with E-state index in [1.54, 1.807) is 32.6 Å². The molecule has 1 fully saturated rings. The van der Waals surface area contributed by atoms with Crippen LogP contribution in [-0.2, 0) is 16.9 Å². The van der Waals surface area contributed by atoms with Gasteiger partial charge < -0.3 is 19.6 Å². The maximum atomic E-state index is 12.8. The predicted molar refractivity (Wildman–Crippen MR) is 114 cm³/mol. The van der Waals surface area contributed by atoms with Crippen LogP contribution in [0.25, 0.3) is 0 Å². The molecule has 7 nitrogen and oxygen atoms in total. The van der Waals surface area contributed by atoms with Crippen molar-refractivity contribution in [2.24, 2.45) is 0 Å². The third-order valence-corrected chi connectivity index (χ3v) is 5.89. The van der Waals surface area contributed by atoms with Crippen LogP contribution < -0.4 is 9.64 Å². The highest BCUT2D eigenvalue weighted by Gasteiger charge is 2.28. The van der Waals surface area contributed by atoms with Crippen LogP contribution in [0.4, 0.5) is 5.69 Å². The van der Waals surface area contributed by atoms with Gasteiger partial charge in [0.1, 0.15) is 23.6 Å². The predicted octanol–water partition coefficient (Wildman–Crippen LogP) is 3.08. The number of anilines is 1. The zero-order valence-corrected chi connectivity index (χ0v) is 18.6. The number of rotatable bonds is 5. The smallest absolute Gasteiger partial charge is 0.244 e. The third kappa shape index (κ3) is 4.63. The first kappa shape index (κ1) is 21.7. The van der Waals surface area contributed by atoms with Crippen LogP contribution >= 0.6 is 23.2 Å². The summed E-state index contributed by atoms with van der Waals surface area (Å²) in [7, 11) is 1.59. The van der Waals surface area contributed by atoms with Gasteiger partial charge in [-0.15, -0.1) is 0 Å². The van der Waals surface area contributed by atoms with E-state index in [4.69, 9.17) is 27.9 Å². The van der Waals surface area contributed by atoms with E-state index in [-0.39, 0.29) is 12.5 Å². The number of hydrogen-bond donors (Lipinski definition) is 1. The number of aliphatic hydroxyl groups is 1. The molecule has 1 saturated heterocycles. The van der Waals surface area contributed by atoms with Crippen molar-refractivity contribution in [2.45, 2.75) is 32.9 Å². The summed E-state index contributed by atoms with van der Waals surface area (Å²) in [6.07, 6.45) is 0. The first-order chi connectivity index (χ1) is 13.6. The van der Waals surface area contributed by atoms with Crippen LogP contribution in [0.2, 0.25) is 10.0 Å². The second-order valence-electron chi connectivity index (χ2n) is 7.65. The lowest BCUT2D eigenvalue weighted by atomic mass is 10.1. The van der Waals surface area contributed by atoms with E-state index in [0.717, 1.165) is 5.69 Å². The van der Waals surface area contributed by atoms with Gasteiger partial charge in [-0.2, -0.15) is 5.10 Å². The minimum absolute atomic E-state index is 0.0251. The van der Waals surface area contributed by atoms with E-state index in [1.807, 2.05) is 23.1 Å². The summed E-state index contributed by atoms with van der Waals surface area (Å²) in [6.45, 7) is 7.77. The monoisotopic (exact) mass is 440 g/mol. The SMILES string of the molecule is COc1cc(N2CCN(C(=O)Cn3nc(C(C)(C)O)c(Cl)c3C)CC2)ccc1Cl. The van der Waals surface area contributed by atoms with Crippen LogP contribution in [0.15, 0.2) is 18.2 Å². The number of methoxy groups -OCH3 is 1. The number of carbonyl (C=O) groups excluding carboxylic acids is 1. The van der Waals surface area contributed by atoms with Gasteiger partial charge in [0.05, 0.1) is 22.8 Å². The van der Waals surface area contributed by atoms with Crippen molar-refractivity contribution < 1.29 is 14.6 Å². The lowest BCUT2D eigenvalue weighted by molar-refractivity contribution is -0.132. The van der Waals surface area contributed by atoms with Crippen LogP contribution in [0.5, 0.6) is 5.75 Å². The molecule has 1 aromatic heterocycles. The molecule has 0 aliphatic carbocycles. The summed E-state index contributed by atoms with van der Waals surface area (Å²) in [6, 6.07) is 5.68. The molecule has 1 aliphatic heterocycles. The molecule has 2 heterocycles. The molecule has 1 aromatic carbocycles. The number of benzene rings is 1. The van der Waals surface area contributed by atoms with E-state index in [0.29, 0.717) is 53.4 Å². The van der Waals surface area contributed by atoms with Crippen LogP contribution in [0.3, 0.4) is 0 Å². The quantitative estimate of drug-likeness (QED) is 0.773. The van der Waals surface area contributed by atoms with Crippen molar-refractivity contribution in [1.29, 1.82) is 0 Å². The molecule has 1 aliphatic rings. The fourth-order valence-corrected chi connectivity index (χ4v) is 3.92. The van der Waals surface area contributed by atoms with Crippen LogP contribution in [0, 0.1) is 6.92 Å². The van der Waals surface area contributed by atoms with Gasteiger partial charge >= 0.3 is 0 Å². The number of aromatic nitrogens is 2. The lowest BCUT2D eigenvalue weighted by Crippen LogP contribution is -2.49. The number of amides is 1. The molecule has 0 radical (unpaired) electrons. The van der Waals surface area contributed by atoms with Crippen molar-refractivity contribution in [3.8, 4) is 5.75 Å². The Morgan fingerprint density at radius 1 is 1.24 bits per heavy atom. The second-order valence-corrected chi connectivity index (χ2v) is 8.44. The highest BCUT2D eigenvalue weighted by molar-refractivity contribution is 6.32. The minimum atomic E-state index is -1.17. The molecular weight excluding hydrogens is 415 g/mol. The standard InChI is InChI=1S/C20H26Cl2N4O3/c1-13-18(22)19(20(2,3)28)23-26(13)12-17(27)25-9-7-24(8-10-25)14-5-6-15(21)16(11-14)29-4/h5-6,11,28H,7-10,12H2,1-4H3. The molecule has 0 spiro atoms. The normalized spacial score (nSPS) is 15.0. The third-order valence-electron chi connectivity index (χ3n) is 5.13. The van der Waals surface area contributed by atoms with Gasteiger partial charge in [-0.05, 0) is 32.9 Å². The van der Waals surface area contributed by atoms with Crippen molar-refractivity contribution in [1.82, 2.24) is 14.7 Å². The number of ether oxygens (including phenoxy) is 1. The molecule has 1 amide bonds. The molecule has 9 heteroatoms. The van der Waals surface area contributed by atoms with Crippen molar-refractivity contribution in [3.05, 3.63) is 39.6 Å². The molecule has 0 bridgehead atoms. The summed E-state index contributed by atoms with van der Waals surface area (Å²) in [5, 5.41) is 15.5. The molecule has 1 N–H and O–H groups in total. The van der Waals surface area contributed by atoms with Crippen LogP contribution in [0.1, 0.15) is 25.2 Å². The Bertz CT molecular complexity index is 900. The Hall–Kier alpha value is -1.96. The van der Waals surface area contributed by atoms with Crippen molar-refractivity contribution in [2.75, 3.05) is 38.2 Å². The first-order valence-electron chi connectivity index (χ1n) is 9.44. The van der Waals surface area contributed by atoms with Gasteiger partial charge in [-0.25, -0.2) is 0 Å². The molecule has 0 atom stereocenters. The van der Waals surface area contributed by atoms with E-state index in [2.05, 4.69) is 10.00 Å². The minimum Gasteiger partial charge on any atom is -0.495 e. The first-order valence-corrected chi connectivity index (χ1v) is 10.2. The second kappa shape index (κ2) is 8.42. The van der Waals surface area contributed by atoms with Crippen molar-refractivity contribution >= 4 is 34.8 Å². The summed E-state index contributed by atoms with van der Waals surface area (Å²) < 4.78 is 6.85. The van der Waals surface area contributed by atoms with E-state index >= 15 is 0 Å². The van der Waals surface area contributed by atoms with Gasteiger partial charge in [-0.1, -0.05) is 23.2 Å². The van der Waals surface area contributed by atoms with E-state index in [1.165, 1.54) is 0 Å². The maximum Gasteiger partial charge on any atom is 0.244 e. The van der Waals surface area contributed by atoms with Gasteiger partial charge in [0.25, 0.3) is 0 Å². The van der Waals surface area contributed by atoms with Gasteiger partial charge in [-0.3, -0.25) is 9.48 Å². The summed E-state index contributed by atoms with van der Waals surface area (Å²) in [4.78, 5) is 16.8. The number of carbonyl (C=O) groups is 1. The molecule has 3 rings (SSSR count). The highest BCUT2D eigenvalue weighted by Crippen LogP contribution is 2.31. The Morgan fingerprint density at radius 3 is 2.45 bits per heavy atom. The summed E-state index contributed by atoms with van der Waals surface area (Å²) in [5.41, 5.74) is 0.902. The summed E-state index contributed by atoms with van der Waals surface area (Å²) in [5.74, 6) is 0.610. The Balaban J connectivity index is 1.64. The summed E-state index contributed by atoms with van der Waals surface area (Å²) >= 11 is 12.4.